The van der Waals surface area contributed by atoms with Gasteiger partial charge in [0.05, 0.1) is 7.11 Å². The minimum Gasteiger partial charge on any atom is -0.497 e. The van der Waals surface area contributed by atoms with Crippen molar-refractivity contribution < 1.29 is 23.4 Å². The molecular weight excluding hydrogens is 194 g/mol. The number of rotatable bonds is 3. The zero-order valence-electron chi connectivity index (χ0n) is 7.33. The van der Waals surface area contributed by atoms with E-state index in [0.717, 1.165) is 18.2 Å². The molecule has 1 N–H and O–H groups in total. The molecule has 0 aliphatic rings. The maximum absolute atomic E-state index is 12.9. The fourth-order valence-corrected chi connectivity index (χ4v) is 0.991. The van der Waals surface area contributed by atoms with Crippen molar-refractivity contribution in [1.82, 2.24) is 0 Å². The van der Waals surface area contributed by atoms with Crippen molar-refractivity contribution in [1.29, 1.82) is 0 Å². The third kappa shape index (κ3) is 2.18. The Labute approximate surface area is 78.9 Å². The van der Waals surface area contributed by atoms with E-state index >= 15 is 0 Å². The lowest BCUT2D eigenvalue weighted by Gasteiger charge is -2.06. The smallest absolute Gasteiger partial charge is 0.343 e. The topological polar surface area (TPSA) is 46.5 Å². The number of hydrogen-bond donors (Lipinski definition) is 1. The molecule has 0 amide bonds. The molecule has 0 radical (unpaired) electrons. The molecule has 14 heavy (non-hydrogen) atoms. The van der Waals surface area contributed by atoms with E-state index in [1.807, 2.05) is 0 Å². The van der Waals surface area contributed by atoms with Gasteiger partial charge in [-0.1, -0.05) is 0 Å². The molecule has 0 aliphatic carbocycles. The van der Waals surface area contributed by atoms with Gasteiger partial charge in [0.25, 0.3) is 0 Å². The Kier molecular flexibility index (Phi) is 3.01. The molecule has 3 nitrogen and oxygen atoms in total. The highest BCUT2D eigenvalue weighted by atomic mass is 19.1. The predicted octanol–water partition coefficient (Wildman–Crippen LogP) is 1.93. The lowest BCUT2D eigenvalue weighted by Crippen LogP contribution is -2.06. The highest BCUT2D eigenvalue weighted by Gasteiger charge is 2.19. The van der Waals surface area contributed by atoms with Crippen LogP contribution in [0.4, 0.5) is 8.78 Å². The third-order valence-electron chi connectivity index (χ3n) is 1.64. The molecule has 0 fully saturated rings. The van der Waals surface area contributed by atoms with Crippen molar-refractivity contribution in [2.45, 2.75) is 6.17 Å². The molecule has 0 spiro atoms. The lowest BCUT2D eigenvalue weighted by atomic mass is 10.1. The Morgan fingerprint density at radius 1 is 1.50 bits per heavy atom. The number of hydrogen-bond acceptors (Lipinski definition) is 2. The first-order valence-electron chi connectivity index (χ1n) is 3.76. The van der Waals surface area contributed by atoms with Crippen molar-refractivity contribution in [3.63, 3.8) is 0 Å². The second-order valence-corrected chi connectivity index (χ2v) is 2.63. The Hall–Kier alpha value is -1.65. The standard InChI is InChI=1S/C9H8F2O3/c1-14-7-3-5(2-6(10)4-7)8(11)9(12)13/h2-4,8H,1H3,(H,12,13). The zero-order chi connectivity index (χ0) is 10.7. The Morgan fingerprint density at radius 2 is 2.14 bits per heavy atom. The molecule has 0 heterocycles. The van der Waals surface area contributed by atoms with Crippen molar-refractivity contribution in [3.8, 4) is 5.75 Å². The molecule has 5 heteroatoms. The summed E-state index contributed by atoms with van der Waals surface area (Å²) in [6.45, 7) is 0. The average molecular weight is 202 g/mol. The van der Waals surface area contributed by atoms with Crippen LogP contribution in [0.2, 0.25) is 0 Å². The highest BCUT2D eigenvalue weighted by Crippen LogP contribution is 2.23. The van der Waals surface area contributed by atoms with Crippen molar-refractivity contribution >= 4 is 5.97 Å². The predicted molar refractivity (Wildman–Crippen MR) is 44.4 cm³/mol. The zero-order valence-corrected chi connectivity index (χ0v) is 7.33. The van der Waals surface area contributed by atoms with E-state index < -0.39 is 18.0 Å². The number of carboxylic acids is 1. The van der Waals surface area contributed by atoms with Crippen LogP contribution < -0.4 is 4.74 Å². The fourth-order valence-electron chi connectivity index (χ4n) is 0.991. The number of aliphatic carboxylic acids is 1. The van der Waals surface area contributed by atoms with Crippen LogP contribution in [0.25, 0.3) is 0 Å². The fraction of sp³-hybridized carbons (Fsp3) is 0.222. The van der Waals surface area contributed by atoms with E-state index in [0.29, 0.717) is 0 Å². The van der Waals surface area contributed by atoms with Gasteiger partial charge in [-0.15, -0.1) is 0 Å². The molecule has 1 atom stereocenters. The maximum Gasteiger partial charge on any atom is 0.343 e. The third-order valence-corrected chi connectivity index (χ3v) is 1.64. The highest BCUT2D eigenvalue weighted by molar-refractivity contribution is 5.74. The van der Waals surface area contributed by atoms with Crippen LogP contribution in [0.1, 0.15) is 11.7 Å². The minimum atomic E-state index is -2.24. The molecule has 0 aromatic heterocycles. The first-order chi connectivity index (χ1) is 6.54. The lowest BCUT2D eigenvalue weighted by molar-refractivity contribution is -0.143. The first-order valence-corrected chi connectivity index (χ1v) is 3.76. The molecule has 0 bridgehead atoms. The number of alkyl halides is 1. The number of benzene rings is 1. The summed E-state index contributed by atoms with van der Waals surface area (Å²) >= 11 is 0. The summed E-state index contributed by atoms with van der Waals surface area (Å²) in [6, 6.07) is 3.00. The summed E-state index contributed by atoms with van der Waals surface area (Å²) in [6.07, 6.45) is -2.24. The van der Waals surface area contributed by atoms with Crippen molar-refractivity contribution in [2.75, 3.05) is 7.11 Å². The summed E-state index contributed by atoms with van der Waals surface area (Å²) < 4.78 is 30.4. The quantitative estimate of drug-likeness (QED) is 0.814. The molecule has 1 aromatic rings. The van der Waals surface area contributed by atoms with Gasteiger partial charge in [0, 0.05) is 11.6 Å². The van der Waals surface area contributed by atoms with Gasteiger partial charge in [0.15, 0.2) is 0 Å². The molecule has 0 saturated carbocycles. The normalized spacial score (nSPS) is 12.2. The van der Waals surface area contributed by atoms with Crippen molar-refractivity contribution in [2.24, 2.45) is 0 Å². The van der Waals surface area contributed by atoms with Gasteiger partial charge < -0.3 is 9.84 Å². The van der Waals surface area contributed by atoms with Crippen LogP contribution in [0.15, 0.2) is 18.2 Å². The molecule has 1 rings (SSSR count). The van der Waals surface area contributed by atoms with E-state index in [2.05, 4.69) is 4.74 Å². The monoisotopic (exact) mass is 202 g/mol. The van der Waals surface area contributed by atoms with E-state index in [1.165, 1.54) is 7.11 Å². The van der Waals surface area contributed by atoms with Crippen LogP contribution >= 0.6 is 0 Å². The van der Waals surface area contributed by atoms with Gasteiger partial charge in [0.2, 0.25) is 6.17 Å². The summed E-state index contributed by atoms with van der Waals surface area (Å²) in [7, 11) is 1.28. The number of halogens is 2. The Morgan fingerprint density at radius 3 is 2.64 bits per heavy atom. The number of carboxylic acid groups (broad SMARTS) is 1. The minimum absolute atomic E-state index is 0.0869. The molecule has 0 saturated heterocycles. The van der Waals surface area contributed by atoms with E-state index in [-0.39, 0.29) is 11.3 Å². The first kappa shape index (κ1) is 10.4. The van der Waals surface area contributed by atoms with E-state index in [1.54, 1.807) is 0 Å². The number of methoxy groups -OCH3 is 1. The second kappa shape index (κ2) is 4.04. The molecule has 1 unspecified atom stereocenters. The van der Waals surface area contributed by atoms with Crippen LogP contribution in [0.5, 0.6) is 5.75 Å². The van der Waals surface area contributed by atoms with Gasteiger partial charge in [-0.2, -0.15) is 0 Å². The van der Waals surface area contributed by atoms with Crippen molar-refractivity contribution in [3.05, 3.63) is 29.6 Å². The molecule has 0 aliphatic heterocycles. The summed E-state index contributed by atoms with van der Waals surface area (Å²) in [5, 5.41) is 8.35. The Bertz CT molecular complexity index is 352. The SMILES string of the molecule is COc1cc(F)cc(C(F)C(=O)O)c1. The van der Waals surface area contributed by atoms with Crippen LogP contribution in [0, 0.1) is 5.82 Å². The van der Waals surface area contributed by atoms with Gasteiger partial charge in [-0.3, -0.25) is 0 Å². The number of ether oxygens (including phenoxy) is 1. The van der Waals surface area contributed by atoms with E-state index in [4.69, 9.17) is 5.11 Å². The molecular formula is C9H8F2O3. The van der Waals surface area contributed by atoms with Crippen LogP contribution in [-0.4, -0.2) is 18.2 Å². The van der Waals surface area contributed by atoms with Gasteiger partial charge >= 0.3 is 5.97 Å². The van der Waals surface area contributed by atoms with Gasteiger partial charge in [-0.05, 0) is 12.1 Å². The van der Waals surface area contributed by atoms with E-state index in [9.17, 15) is 13.6 Å². The molecule has 1 aromatic carbocycles. The molecule has 76 valence electrons. The largest absolute Gasteiger partial charge is 0.497 e. The second-order valence-electron chi connectivity index (χ2n) is 2.63. The maximum atomic E-state index is 12.9. The Balaban J connectivity index is 3.08. The van der Waals surface area contributed by atoms with Crippen LogP contribution in [0.3, 0.4) is 0 Å². The summed E-state index contributed by atoms with van der Waals surface area (Å²) in [4.78, 5) is 10.3. The van der Waals surface area contributed by atoms with Crippen LogP contribution in [-0.2, 0) is 4.79 Å². The average Bonchev–Trinajstić information content (AvgIpc) is 2.15. The summed E-state index contributed by atoms with van der Waals surface area (Å²) in [5.41, 5.74) is -0.269. The van der Waals surface area contributed by atoms with Gasteiger partial charge in [0.1, 0.15) is 11.6 Å². The van der Waals surface area contributed by atoms with Gasteiger partial charge in [-0.25, -0.2) is 13.6 Å². The number of carbonyl (C=O) groups is 1. The summed E-state index contributed by atoms with van der Waals surface area (Å²) in [5.74, 6) is -2.30.